The lowest BCUT2D eigenvalue weighted by Crippen LogP contribution is -2.55. The molecular weight excluding hydrogens is 240 g/mol. The van der Waals surface area contributed by atoms with Gasteiger partial charge in [-0.25, -0.2) is 0 Å². The lowest BCUT2D eigenvalue weighted by atomic mass is 10.3. The number of nitrogens with one attached hydrogen (secondary N) is 2. The van der Waals surface area contributed by atoms with Crippen LogP contribution in [0.5, 0.6) is 0 Å². The number of piperazine rings is 2. The van der Waals surface area contributed by atoms with Crippen molar-refractivity contribution in [3.05, 3.63) is 0 Å². The Kier molecular flexibility index (Phi) is 3.68. The second kappa shape index (κ2) is 5.23. The number of nitrogens with zero attached hydrogens (tertiary/aromatic N) is 2. The van der Waals surface area contributed by atoms with Crippen LogP contribution < -0.4 is 10.6 Å². The predicted molar refractivity (Wildman–Crippen MR) is 59.2 cm³/mol. The predicted octanol–water partition coefficient (Wildman–Crippen LogP) is -3.10. The molecule has 2 aliphatic heterocycles. The molecule has 0 saturated carbocycles. The van der Waals surface area contributed by atoms with Crippen LogP contribution in [0.3, 0.4) is 0 Å². The van der Waals surface area contributed by atoms with Gasteiger partial charge in [0, 0.05) is 13.1 Å². The largest absolute Gasteiger partial charge is 0.294 e. The summed E-state index contributed by atoms with van der Waals surface area (Å²) in [6, 6.07) is 0. The molecule has 0 aromatic heterocycles. The fourth-order valence-electron chi connectivity index (χ4n) is 1.99. The van der Waals surface area contributed by atoms with Crippen molar-refractivity contribution in [1.82, 2.24) is 20.4 Å². The van der Waals surface area contributed by atoms with E-state index in [-0.39, 0.29) is 49.8 Å². The minimum atomic E-state index is -0.321. The molecule has 0 aromatic rings. The first kappa shape index (κ1) is 12.7. The molecule has 2 saturated heterocycles. The standard InChI is InChI=1S/C10H14N4O4/c15-7-3-13(4-8(16)11-7)1-2-14-5-9(17)12-10(18)6-14/h1-6H2,(H,11,15,16)(H,12,17,18). The van der Waals surface area contributed by atoms with Gasteiger partial charge in [0.1, 0.15) is 0 Å². The highest BCUT2D eigenvalue weighted by atomic mass is 16.2. The Morgan fingerprint density at radius 2 is 0.944 bits per heavy atom. The molecule has 0 radical (unpaired) electrons. The van der Waals surface area contributed by atoms with Crippen molar-refractivity contribution in [2.24, 2.45) is 0 Å². The van der Waals surface area contributed by atoms with Gasteiger partial charge in [-0.1, -0.05) is 0 Å². The van der Waals surface area contributed by atoms with E-state index in [1.807, 2.05) is 0 Å². The highest BCUT2D eigenvalue weighted by Gasteiger charge is 2.25. The molecule has 2 heterocycles. The summed E-state index contributed by atoms with van der Waals surface area (Å²) in [5.41, 5.74) is 0. The first-order valence-corrected chi connectivity index (χ1v) is 5.63. The average molecular weight is 254 g/mol. The van der Waals surface area contributed by atoms with Crippen LogP contribution in [-0.2, 0) is 19.2 Å². The van der Waals surface area contributed by atoms with E-state index in [9.17, 15) is 19.2 Å². The van der Waals surface area contributed by atoms with Crippen LogP contribution in [-0.4, -0.2) is 72.7 Å². The number of amides is 4. The molecule has 0 aromatic carbocycles. The molecule has 2 fully saturated rings. The second-order valence-corrected chi connectivity index (χ2v) is 4.36. The highest BCUT2D eigenvalue weighted by Crippen LogP contribution is 1.98. The summed E-state index contributed by atoms with van der Waals surface area (Å²) in [7, 11) is 0. The zero-order chi connectivity index (χ0) is 13.1. The van der Waals surface area contributed by atoms with Crippen LogP contribution >= 0.6 is 0 Å². The number of hydrogen-bond donors (Lipinski definition) is 2. The zero-order valence-corrected chi connectivity index (χ0v) is 9.77. The van der Waals surface area contributed by atoms with Gasteiger partial charge in [0.15, 0.2) is 0 Å². The van der Waals surface area contributed by atoms with Crippen molar-refractivity contribution in [2.75, 3.05) is 39.3 Å². The second-order valence-electron chi connectivity index (χ2n) is 4.36. The first-order valence-electron chi connectivity index (χ1n) is 5.63. The van der Waals surface area contributed by atoms with E-state index in [1.165, 1.54) is 0 Å². The van der Waals surface area contributed by atoms with E-state index in [4.69, 9.17) is 0 Å². The third-order valence-corrected chi connectivity index (χ3v) is 2.76. The van der Waals surface area contributed by atoms with Gasteiger partial charge in [-0.15, -0.1) is 0 Å². The van der Waals surface area contributed by atoms with Crippen molar-refractivity contribution in [1.29, 1.82) is 0 Å². The quantitative estimate of drug-likeness (QED) is 0.518. The monoisotopic (exact) mass is 254 g/mol. The number of imide groups is 2. The summed E-state index contributed by atoms with van der Waals surface area (Å²) < 4.78 is 0. The molecule has 8 nitrogen and oxygen atoms in total. The van der Waals surface area contributed by atoms with Crippen LogP contribution in [0.1, 0.15) is 0 Å². The van der Waals surface area contributed by atoms with Crippen LogP contribution in [0.15, 0.2) is 0 Å². The van der Waals surface area contributed by atoms with Crippen molar-refractivity contribution >= 4 is 23.6 Å². The van der Waals surface area contributed by atoms with Crippen molar-refractivity contribution in [3.8, 4) is 0 Å². The van der Waals surface area contributed by atoms with E-state index < -0.39 is 0 Å². The Labute approximate surface area is 103 Å². The fraction of sp³-hybridized carbons (Fsp3) is 0.600. The van der Waals surface area contributed by atoms with E-state index >= 15 is 0 Å². The molecule has 2 N–H and O–H groups in total. The minimum Gasteiger partial charge on any atom is -0.294 e. The molecular formula is C10H14N4O4. The van der Waals surface area contributed by atoms with Crippen molar-refractivity contribution < 1.29 is 19.2 Å². The molecule has 18 heavy (non-hydrogen) atoms. The molecule has 0 spiro atoms. The number of carbonyl (C=O) groups is 4. The molecule has 0 unspecified atom stereocenters. The Morgan fingerprint density at radius 3 is 1.22 bits per heavy atom. The third-order valence-electron chi connectivity index (χ3n) is 2.76. The molecule has 4 amide bonds. The zero-order valence-electron chi connectivity index (χ0n) is 9.77. The molecule has 0 bridgehead atoms. The van der Waals surface area contributed by atoms with Gasteiger partial charge < -0.3 is 0 Å². The van der Waals surface area contributed by atoms with Gasteiger partial charge in [-0.05, 0) is 0 Å². The highest BCUT2D eigenvalue weighted by molar-refractivity contribution is 5.99. The van der Waals surface area contributed by atoms with Crippen molar-refractivity contribution in [2.45, 2.75) is 0 Å². The molecule has 2 aliphatic rings. The molecule has 2 rings (SSSR count). The van der Waals surface area contributed by atoms with Crippen LogP contribution in [0.25, 0.3) is 0 Å². The Morgan fingerprint density at radius 1 is 0.667 bits per heavy atom. The average Bonchev–Trinajstić information content (AvgIpc) is 2.23. The summed E-state index contributed by atoms with van der Waals surface area (Å²) in [5, 5.41) is 4.42. The van der Waals surface area contributed by atoms with Gasteiger partial charge >= 0.3 is 0 Å². The van der Waals surface area contributed by atoms with Crippen molar-refractivity contribution in [3.63, 3.8) is 0 Å². The smallest absolute Gasteiger partial charge is 0.240 e. The summed E-state index contributed by atoms with van der Waals surface area (Å²) in [6.45, 7) is 1.61. The van der Waals surface area contributed by atoms with E-state index in [0.29, 0.717) is 13.1 Å². The summed E-state index contributed by atoms with van der Waals surface area (Å²) in [5.74, 6) is -1.28. The van der Waals surface area contributed by atoms with Crippen LogP contribution in [0.4, 0.5) is 0 Å². The summed E-state index contributed by atoms with van der Waals surface area (Å²) >= 11 is 0. The van der Waals surface area contributed by atoms with Crippen LogP contribution in [0, 0.1) is 0 Å². The van der Waals surface area contributed by atoms with Gasteiger partial charge in [-0.2, -0.15) is 0 Å². The SMILES string of the molecule is O=C1CN(CCN2CC(=O)NC(=O)C2)CC(=O)N1. The normalized spacial score (nSPS) is 22.9. The molecule has 98 valence electrons. The maximum absolute atomic E-state index is 11.1. The first-order chi connectivity index (χ1) is 8.52. The lowest BCUT2D eigenvalue weighted by molar-refractivity contribution is -0.139. The van der Waals surface area contributed by atoms with Crippen LogP contribution in [0.2, 0.25) is 0 Å². The molecule has 0 aliphatic carbocycles. The molecule has 0 atom stereocenters. The maximum Gasteiger partial charge on any atom is 0.240 e. The third kappa shape index (κ3) is 3.34. The van der Waals surface area contributed by atoms with Gasteiger partial charge in [0.05, 0.1) is 26.2 Å². The molecule has 8 heteroatoms. The van der Waals surface area contributed by atoms with Gasteiger partial charge in [0.25, 0.3) is 0 Å². The summed E-state index contributed by atoms with van der Waals surface area (Å²) in [4.78, 5) is 47.9. The van der Waals surface area contributed by atoms with E-state index in [0.717, 1.165) is 0 Å². The Balaban J connectivity index is 1.80. The summed E-state index contributed by atoms with van der Waals surface area (Å²) in [6.07, 6.45) is 0. The van der Waals surface area contributed by atoms with E-state index in [1.54, 1.807) is 9.80 Å². The maximum atomic E-state index is 11.1. The number of hydrogen-bond acceptors (Lipinski definition) is 6. The minimum absolute atomic E-state index is 0.166. The topological polar surface area (TPSA) is 98.8 Å². The Hall–Kier alpha value is -1.80. The Bertz CT molecular complexity index is 339. The lowest BCUT2D eigenvalue weighted by Gasteiger charge is -2.30. The number of carbonyl (C=O) groups excluding carboxylic acids is 4. The number of rotatable bonds is 3. The fourth-order valence-corrected chi connectivity index (χ4v) is 1.99. The van der Waals surface area contributed by atoms with Gasteiger partial charge in [0.2, 0.25) is 23.6 Å². The van der Waals surface area contributed by atoms with Gasteiger partial charge in [-0.3, -0.25) is 39.6 Å². The van der Waals surface area contributed by atoms with E-state index in [2.05, 4.69) is 10.6 Å².